The van der Waals surface area contributed by atoms with E-state index in [1.807, 2.05) is 6.07 Å². The molecule has 0 amide bonds. The lowest BCUT2D eigenvalue weighted by molar-refractivity contribution is 0.414. The third-order valence-corrected chi connectivity index (χ3v) is 2.57. The molecule has 0 N–H and O–H groups in total. The van der Waals surface area contributed by atoms with Gasteiger partial charge in [0.25, 0.3) is 0 Å². The molecule has 68 valence electrons. The zero-order chi connectivity index (χ0) is 9.10. The van der Waals surface area contributed by atoms with Crippen molar-refractivity contribution in [2.24, 2.45) is 0 Å². The lowest BCUT2D eigenvalue weighted by atomic mass is 9.97. The van der Waals surface area contributed by atoms with Crippen molar-refractivity contribution in [1.29, 1.82) is 0 Å². The highest BCUT2D eigenvalue weighted by atomic mass is 16.5. The van der Waals surface area contributed by atoms with E-state index in [0.29, 0.717) is 5.92 Å². The molecule has 1 aliphatic rings. The Bertz CT molecular complexity index is 307. The molecule has 0 bridgehead atoms. The minimum atomic E-state index is 0.676. The molecule has 0 spiro atoms. The highest BCUT2D eigenvalue weighted by molar-refractivity contribution is 5.32. The van der Waals surface area contributed by atoms with Crippen molar-refractivity contribution >= 4 is 0 Å². The summed E-state index contributed by atoms with van der Waals surface area (Å²) in [5, 5.41) is 0. The van der Waals surface area contributed by atoms with Gasteiger partial charge in [-0.1, -0.05) is 24.3 Å². The van der Waals surface area contributed by atoms with Crippen LogP contribution in [0, 0.1) is 0 Å². The van der Waals surface area contributed by atoms with Gasteiger partial charge in [-0.2, -0.15) is 0 Å². The van der Waals surface area contributed by atoms with Crippen LogP contribution in [0.5, 0.6) is 5.75 Å². The average Bonchev–Trinajstić information content (AvgIpc) is 2.71. The second kappa shape index (κ2) is 3.65. The standard InChI is InChI=1S/C12H14O/c1-13-12-8-4-7-11(9-12)10-5-2-3-6-10/h2-4,7-10H,5-6H2,1H3. The summed E-state index contributed by atoms with van der Waals surface area (Å²) in [6.07, 6.45) is 6.86. The molecule has 1 aromatic rings. The first-order valence-electron chi connectivity index (χ1n) is 4.69. The van der Waals surface area contributed by atoms with Crippen molar-refractivity contribution in [3.8, 4) is 5.75 Å². The number of rotatable bonds is 2. The van der Waals surface area contributed by atoms with Crippen LogP contribution in [0.2, 0.25) is 0 Å². The highest BCUT2D eigenvalue weighted by Crippen LogP contribution is 2.30. The van der Waals surface area contributed by atoms with E-state index in [-0.39, 0.29) is 0 Å². The summed E-state index contributed by atoms with van der Waals surface area (Å²) in [6.45, 7) is 0. The fraction of sp³-hybridized carbons (Fsp3) is 0.333. The van der Waals surface area contributed by atoms with Crippen LogP contribution in [-0.4, -0.2) is 7.11 Å². The largest absolute Gasteiger partial charge is 0.497 e. The van der Waals surface area contributed by atoms with Crippen molar-refractivity contribution in [3.05, 3.63) is 42.0 Å². The molecule has 0 atom stereocenters. The normalized spacial score (nSPS) is 16.4. The number of ether oxygens (including phenoxy) is 1. The van der Waals surface area contributed by atoms with Crippen molar-refractivity contribution in [2.45, 2.75) is 18.8 Å². The fourth-order valence-electron chi connectivity index (χ4n) is 1.78. The van der Waals surface area contributed by atoms with Crippen LogP contribution in [0.4, 0.5) is 0 Å². The highest BCUT2D eigenvalue weighted by Gasteiger charge is 2.12. The first-order chi connectivity index (χ1) is 6.40. The SMILES string of the molecule is COc1cccc(C2CC=CC2)c1. The van der Waals surface area contributed by atoms with Gasteiger partial charge in [-0.05, 0) is 36.5 Å². The summed E-state index contributed by atoms with van der Waals surface area (Å²) in [6, 6.07) is 8.37. The quantitative estimate of drug-likeness (QED) is 0.626. The molecule has 2 rings (SSSR count). The summed E-state index contributed by atoms with van der Waals surface area (Å²) in [5.41, 5.74) is 1.39. The van der Waals surface area contributed by atoms with Crippen LogP contribution in [0.1, 0.15) is 24.3 Å². The van der Waals surface area contributed by atoms with E-state index in [4.69, 9.17) is 4.74 Å². The summed E-state index contributed by atoms with van der Waals surface area (Å²) in [4.78, 5) is 0. The number of hydrogen-bond donors (Lipinski definition) is 0. The summed E-state index contributed by atoms with van der Waals surface area (Å²) >= 11 is 0. The number of methoxy groups -OCH3 is 1. The van der Waals surface area contributed by atoms with Crippen LogP contribution in [0.25, 0.3) is 0 Å². The zero-order valence-corrected chi connectivity index (χ0v) is 7.86. The molecule has 0 unspecified atom stereocenters. The molecule has 1 aromatic carbocycles. The topological polar surface area (TPSA) is 9.23 Å². The van der Waals surface area contributed by atoms with Crippen molar-refractivity contribution < 1.29 is 4.74 Å². The zero-order valence-electron chi connectivity index (χ0n) is 7.86. The smallest absolute Gasteiger partial charge is 0.119 e. The predicted octanol–water partition coefficient (Wildman–Crippen LogP) is 3.13. The first kappa shape index (κ1) is 8.36. The van der Waals surface area contributed by atoms with Crippen LogP contribution >= 0.6 is 0 Å². The Morgan fingerprint density at radius 2 is 2.00 bits per heavy atom. The van der Waals surface area contributed by atoms with Crippen LogP contribution < -0.4 is 4.74 Å². The first-order valence-corrected chi connectivity index (χ1v) is 4.69. The van der Waals surface area contributed by atoms with Crippen LogP contribution in [-0.2, 0) is 0 Å². The van der Waals surface area contributed by atoms with E-state index in [0.717, 1.165) is 5.75 Å². The Labute approximate surface area is 79.0 Å². The maximum absolute atomic E-state index is 5.19. The summed E-state index contributed by atoms with van der Waals surface area (Å²) in [5.74, 6) is 1.64. The predicted molar refractivity (Wildman–Crippen MR) is 54.1 cm³/mol. The molecule has 0 aromatic heterocycles. The van der Waals surface area contributed by atoms with Gasteiger partial charge in [-0.25, -0.2) is 0 Å². The van der Waals surface area contributed by atoms with Gasteiger partial charge in [0, 0.05) is 0 Å². The van der Waals surface area contributed by atoms with Crippen LogP contribution in [0.15, 0.2) is 36.4 Å². The lowest BCUT2D eigenvalue weighted by Gasteiger charge is -2.10. The van der Waals surface area contributed by atoms with E-state index in [1.165, 1.54) is 18.4 Å². The molecule has 0 radical (unpaired) electrons. The van der Waals surface area contributed by atoms with Gasteiger partial charge in [0.1, 0.15) is 5.75 Å². The Morgan fingerprint density at radius 3 is 2.69 bits per heavy atom. The lowest BCUT2D eigenvalue weighted by Crippen LogP contribution is -1.93. The summed E-state index contributed by atoms with van der Waals surface area (Å²) in [7, 11) is 1.71. The molecule has 1 aliphatic carbocycles. The Hall–Kier alpha value is -1.24. The van der Waals surface area contributed by atoms with Crippen molar-refractivity contribution in [2.75, 3.05) is 7.11 Å². The average molecular weight is 174 g/mol. The minimum Gasteiger partial charge on any atom is -0.497 e. The monoisotopic (exact) mass is 174 g/mol. The molecular weight excluding hydrogens is 160 g/mol. The Morgan fingerprint density at radius 1 is 1.23 bits per heavy atom. The molecule has 0 aliphatic heterocycles. The molecule has 0 saturated heterocycles. The van der Waals surface area contributed by atoms with Gasteiger partial charge in [-0.15, -0.1) is 0 Å². The molecule has 1 heteroatoms. The van der Waals surface area contributed by atoms with E-state index >= 15 is 0 Å². The molecule has 1 nitrogen and oxygen atoms in total. The molecule has 0 fully saturated rings. The Kier molecular flexibility index (Phi) is 2.35. The third kappa shape index (κ3) is 1.74. The molecule has 13 heavy (non-hydrogen) atoms. The van der Waals surface area contributed by atoms with Gasteiger partial charge >= 0.3 is 0 Å². The van der Waals surface area contributed by atoms with Gasteiger partial charge in [0.2, 0.25) is 0 Å². The van der Waals surface area contributed by atoms with Gasteiger partial charge in [-0.3, -0.25) is 0 Å². The maximum atomic E-state index is 5.19. The second-order valence-corrected chi connectivity index (χ2v) is 3.42. The molecule has 0 heterocycles. The Balaban J connectivity index is 2.19. The minimum absolute atomic E-state index is 0.676. The number of hydrogen-bond acceptors (Lipinski definition) is 1. The second-order valence-electron chi connectivity index (χ2n) is 3.42. The van der Waals surface area contributed by atoms with Crippen LogP contribution in [0.3, 0.4) is 0 Å². The van der Waals surface area contributed by atoms with Gasteiger partial charge in [0.05, 0.1) is 7.11 Å². The van der Waals surface area contributed by atoms with E-state index in [1.54, 1.807) is 7.11 Å². The van der Waals surface area contributed by atoms with E-state index < -0.39 is 0 Å². The van der Waals surface area contributed by atoms with Crippen molar-refractivity contribution in [1.82, 2.24) is 0 Å². The number of benzene rings is 1. The molecular formula is C12H14O. The fourth-order valence-corrected chi connectivity index (χ4v) is 1.78. The molecule has 0 saturated carbocycles. The van der Waals surface area contributed by atoms with E-state index in [2.05, 4.69) is 30.4 Å². The van der Waals surface area contributed by atoms with Gasteiger partial charge < -0.3 is 4.74 Å². The summed E-state index contributed by atoms with van der Waals surface area (Å²) < 4.78 is 5.19. The third-order valence-electron chi connectivity index (χ3n) is 2.57. The van der Waals surface area contributed by atoms with Gasteiger partial charge in [0.15, 0.2) is 0 Å². The maximum Gasteiger partial charge on any atom is 0.119 e. The van der Waals surface area contributed by atoms with Crippen molar-refractivity contribution in [3.63, 3.8) is 0 Å². The van der Waals surface area contributed by atoms with E-state index in [9.17, 15) is 0 Å². The number of allylic oxidation sites excluding steroid dienone is 2.